The predicted molar refractivity (Wildman–Crippen MR) is 70.8 cm³/mol. The third kappa shape index (κ3) is 3.25. The van der Waals surface area contributed by atoms with E-state index in [1.165, 1.54) is 30.2 Å². The van der Waals surface area contributed by atoms with Gasteiger partial charge in [0, 0.05) is 31.1 Å². The van der Waals surface area contributed by atoms with Crippen molar-refractivity contribution >= 4 is 18.0 Å². The summed E-state index contributed by atoms with van der Waals surface area (Å²) in [6, 6.07) is 8.42. The number of nitrogens with two attached hydrogens (primary N) is 1. The van der Waals surface area contributed by atoms with Gasteiger partial charge in [-0.3, -0.25) is 4.90 Å². The van der Waals surface area contributed by atoms with Gasteiger partial charge in [-0.05, 0) is 11.1 Å². The van der Waals surface area contributed by atoms with E-state index in [2.05, 4.69) is 34.3 Å². The molecule has 0 radical (unpaired) electrons. The van der Waals surface area contributed by atoms with E-state index in [1.807, 2.05) is 11.8 Å². The van der Waals surface area contributed by atoms with E-state index < -0.39 is 0 Å². The zero-order valence-electron chi connectivity index (χ0n) is 9.30. The Morgan fingerprint density at radius 2 is 1.94 bits per heavy atom. The molecular weight excluding hydrogens is 218 g/mol. The summed E-state index contributed by atoms with van der Waals surface area (Å²) in [6.45, 7) is 3.47. The average molecular weight is 235 g/mol. The van der Waals surface area contributed by atoms with Crippen molar-refractivity contribution < 1.29 is 0 Å². The van der Waals surface area contributed by atoms with E-state index in [9.17, 15) is 0 Å². The van der Waals surface area contributed by atoms with Crippen LogP contribution in [0.25, 0.3) is 0 Å². The number of rotatable bonds is 3. The topological polar surface area (TPSA) is 41.6 Å². The summed E-state index contributed by atoms with van der Waals surface area (Å²) in [5, 5.41) is 3.51. The number of hydrogen-bond donors (Lipinski definition) is 1. The van der Waals surface area contributed by atoms with Gasteiger partial charge in [0.25, 0.3) is 0 Å². The van der Waals surface area contributed by atoms with Crippen LogP contribution in [-0.4, -0.2) is 35.7 Å². The highest BCUT2D eigenvalue weighted by atomic mass is 32.2. The Morgan fingerprint density at radius 1 is 1.25 bits per heavy atom. The van der Waals surface area contributed by atoms with E-state index >= 15 is 0 Å². The van der Waals surface area contributed by atoms with E-state index in [4.69, 9.17) is 5.84 Å². The fourth-order valence-corrected chi connectivity index (χ4v) is 2.79. The Kier molecular flexibility index (Phi) is 4.25. The smallest absolute Gasteiger partial charge is 0.0538 e. The van der Waals surface area contributed by atoms with Crippen molar-refractivity contribution in [2.24, 2.45) is 10.9 Å². The summed E-state index contributed by atoms with van der Waals surface area (Å²) >= 11 is 2.05. The van der Waals surface area contributed by atoms with Crippen molar-refractivity contribution in [2.45, 2.75) is 6.54 Å². The van der Waals surface area contributed by atoms with Gasteiger partial charge in [0.1, 0.15) is 0 Å². The van der Waals surface area contributed by atoms with Crippen molar-refractivity contribution in [2.75, 3.05) is 24.6 Å². The molecule has 3 nitrogen and oxygen atoms in total. The highest BCUT2D eigenvalue weighted by molar-refractivity contribution is 7.99. The standard InChI is InChI=1S/C12H17N3S/c13-14-9-11-1-3-12(4-2-11)10-15-5-7-16-8-6-15/h1-4,9H,5-8,10,13H2. The molecule has 1 aliphatic rings. The summed E-state index contributed by atoms with van der Waals surface area (Å²) in [5.41, 5.74) is 2.42. The molecule has 0 atom stereocenters. The summed E-state index contributed by atoms with van der Waals surface area (Å²) in [6.07, 6.45) is 1.67. The van der Waals surface area contributed by atoms with Crippen LogP contribution in [0.4, 0.5) is 0 Å². The van der Waals surface area contributed by atoms with Crippen LogP contribution in [0, 0.1) is 0 Å². The molecule has 0 bridgehead atoms. The maximum Gasteiger partial charge on any atom is 0.0538 e. The minimum Gasteiger partial charge on any atom is -0.323 e. The largest absolute Gasteiger partial charge is 0.323 e. The van der Waals surface area contributed by atoms with Gasteiger partial charge in [-0.25, -0.2) is 0 Å². The first kappa shape index (κ1) is 11.5. The highest BCUT2D eigenvalue weighted by Crippen LogP contribution is 2.13. The van der Waals surface area contributed by atoms with Crippen LogP contribution in [0.2, 0.25) is 0 Å². The Labute approximate surface area is 101 Å². The van der Waals surface area contributed by atoms with Crippen LogP contribution in [0.15, 0.2) is 29.4 Å². The zero-order valence-corrected chi connectivity index (χ0v) is 10.1. The quantitative estimate of drug-likeness (QED) is 0.491. The second-order valence-corrected chi connectivity index (χ2v) is 5.13. The van der Waals surface area contributed by atoms with Gasteiger partial charge < -0.3 is 5.84 Å². The summed E-state index contributed by atoms with van der Waals surface area (Å²) in [5.74, 6) is 7.63. The zero-order chi connectivity index (χ0) is 11.2. The van der Waals surface area contributed by atoms with Gasteiger partial charge in [-0.2, -0.15) is 16.9 Å². The van der Waals surface area contributed by atoms with Crippen molar-refractivity contribution in [3.05, 3.63) is 35.4 Å². The van der Waals surface area contributed by atoms with Gasteiger partial charge in [0.2, 0.25) is 0 Å². The van der Waals surface area contributed by atoms with Crippen molar-refractivity contribution in [1.29, 1.82) is 0 Å². The van der Waals surface area contributed by atoms with Crippen LogP contribution in [0.1, 0.15) is 11.1 Å². The molecule has 0 amide bonds. The molecule has 1 fully saturated rings. The number of nitrogens with zero attached hydrogens (tertiary/aromatic N) is 2. The van der Waals surface area contributed by atoms with Gasteiger partial charge >= 0.3 is 0 Å². The molecule has 2 rings (SSSR count). The fourth-order valence-electron chi connectivity index (χ4n) is 1.81. The average Bonchev–Trinajstić information content (AvgIpc) is 2.33. The second kappa shape index (κ2) is 5.92. The monoisotopic (exact) mass is 235 g/mol. The van der Waals surface area contributed by atoms with Crippen molar-refractivity contribution in [1.82, 2.24) is 4.90 Å². The molecule has 1 heterocycles. The number of benzene rings is 1. The van der Waals surface area contributed by atoms with Crippen molar-refractivity contribution in [3.8, 4) is 0 Å². The number of thioether (sulfide) groups is 1. The molecule has 1 aromatic rings. The molecule has 0 saturated carbocycles. The molecule has 86 valence electrons. The van der Waals surface area contributed by atoms with Crippen LogP contribution in [-0.2, 0) is 6.54 Å². The molecular formula is C12H17N3S. The van der Waals surface area contributed by atoms with Crippen LogP contribution in [0.5, 0.6) is 0 Å². The third-order valence-electron chi connectivity index (χ3n) is 2.71. The lowest BCUT2D eigenvalue weighted by Crippen LogP contribution is -2.31. The van der Waals surface area contributed by atoms with Crippen LogP contribution < -0.4 is 5.84 Å². The Balaban J connectivity index is 1.93. The first-order chi connectivity index (χ1) is 7.88. The summed E-state index contributed by atoms with van der Waals surface area (Å²) < 4.78 is 0. The molecule has 4 heteroatoms. The first-order valence-corrected chi connectivity index (χ1v) is 6.66. The molecule has 16 heavy (non-hydrogen) atoms. The lowest BCUT2D eigenvalue weighted by molar-refractivity contribution is 0.294. The Morgan fingerprint density at radius 3 is 2.56 bits per heavy atom. The molecule has 0 spiro atoms. The molecule has 1 saturated heterocycles. The van der Waals surface area contributed by atoms with E-state index in [-0.39, 0.29) is 0 Å². The molecule has 1 aromatic carbocycles. The Bertz CT molecular complexity index is 342. The second-order valence-electron chi connectivity index (χ2n) is 3.91. The van der Waals surface area contributed by atoms with Crippen molar-refractivity contribution in [3.63, 3.8) is 0 Å². The third-order valence-corrected chi connectivity index (χ3v) is 3.66. The lowest BCUT2D eigenvalue weighted by Gasteiger charge is -2.26. The van der Waals surface area contributed by atoms with Gasteiger partial charge in [-0.1, -0.05) is 24.3 Å². The van der Waals surface area contributed by atoms with Crippen LogP contribution in [0.3, 0.4) is 0 Å². The minimum atomic E-state index is 1.06. The number of hydrazone groups is 1. The molecule has 0 aromatic heterocycles. The lowest BCUT2D eigenvalue weighted by atomic mass is 10.1. The highest BCUT2D eigenvalue weighted by Gasteiger charge is 2.10. The number of hydrogen-bond acceptors (Lipinski definition) is 4. The maximum atomic E-state index is 5.11. The van der Waals surface area contributed by atoms with Gasteiger partial charge in [-0.15, -0.1) is 0 Å². The minimum absolute atomic E-state index is 1.06. The summed E-state index contributed by atoms with van der Waals surface area (Å²) in [4.78, 5) is 2.50. The van der Waals surface area contributed by atoms with E-state index in [1.54, 1.807) is 6.21 Å². The molecule has 0 unspecified atom stereocenters. The molecule has 1 aliphatic heterocycles. The SMILES string of the molecule is NN=Cc1ccc(CN2CCSCC2)cc1. The van der Waals surface area contributed by atoms with E-state index in [0.717, 1.165) is 12.1 Å². The van der Waals surface area contributed by atoms with Gasteiger partial charge in [0.05, 0.1) is 6.21 Å². The summed E-state index contributed by atoms with van der Waals surface area (Å²) in [7, 11) is 0. The van der Waals surface area contributed by atoms with E-state index in [0.29, 0.717) is 0 Å². The fraction of sp³-hybridized carbons (Fsp3) is 0.417. The first-order valence-electron chi connectivity index (χ1n) is 5.51. The van der Waals surface area contributed by atoms with Gasteiger partial charge in [0.15, 0.2) is 0 Å². The van der Waals surface area contributed by atoms with Crippen LogP contribution >= 0.6 is 11.8 Å². The molecule has 2 N–H and O–H groups in total. The Hall–Kier alpha value is -1.00. The maximum absolute atomic E-state index is 5.11. The molecule has 0 aliphatic carbocycles. The predicted octanol–water partition coefficient (Wildman–Crippen LogP) is 1.53. The normalized spacial score (nSPS) is 18.0.